The second kappa shape index (κ2) is 4.28. The molecule has 0 aromatic carbocycles. The number of hydrogen-bond donors (Lipinski definition) is 1. The lowest BCUT2D eigenvalue weighted by atomic mass is 10.3. The van der Waals surface area contributed by atoms with Crippen molar-refractivity contribution in [1.29, 1.82) is 0 Å². The molecular weight excluding hydrogens is 196 g/mol. The fourth-order valence-electron chi connectivity index (χ4n) is 1.86. The minimum absolute atomic E-state index is 0.424. The third-order valence-corrected chi connectivity index (χ3v) is 2.90. The molecule has 2 rings (SSSR count). The monoisotopic (exact) mass is 212 g/mol. The Bertz CT molecular complexity index is 349. The Morgan fingerprint density at radius 1 is 1.71 bits per heavy atom. The Morgan fingerprint density at radius 2 is 2.57 bits per heavy atom. The molecule has 1 fully saturated rings. The highest BCUT2D eigenvalue weighted by Crippen LogP contribution is 2.19. The summed E-state index contributed by atoms with van der Waals surface area (Å²) in [6.45, 7) is 3.82. The lowest BCUT2D eigenvalue weighted by Gasteiger charge is -2.09. The van der Waals surface area contributed by atoms with Crippen LogP contribution in [0.1, 0.15) is 31.5 Å². The second-order valence-corrected chi connectivity index (χ2v) is 4.18. The molecular formula is C10H16N2OS. The smallest absolute Gasteiger partial charge is 0.122 e. The van der Waals surface area contributed by atoms with Crippen molar-refractivity contribution < 1.29 is 4.74 Å². The van der Waals surface area contributed by atoms with Crippen molar-refractivity contribution in [3.05, 3.63) is 16.4 Å². The number of nitrogens with one attached hydrogen (secondary N) is 1. The molecule has 1 atom stereocenters. The summed E-state index contributed by atoms with van der Waals surface area (Å²) in [5.74, 6) is 0. The van der Waals surface area contributed by atoms with Gasteiger partial charge in [-0.2, -0.15) is 0 Å². The Hall–Kier alpha value is -0.610. The van der Waals surface area contributed by atoms with Gasteiger partial charge in [-0.15, -0.1) is 0 Å². The number of nitrogens with zero attached hydrogens (tertiary/aromatic N) is 1. The Labute approximate surface area is 89.1 Å². The van der Waals surface area contributed by atoms with Gasteiger partial charge < -0.3 is 9.84 Å². The van der Waals surface area contributed by atoms with Crippen LogP contribution in [-0.2, 0) is 11.2 Å². The molecule has 1 aromatic heterocycles. The highest BCUT2D eigenvalue weighted by molar-refractivity contribution is 7.71. The van der Waals surface area contributed by atoms with Crippen molar-refractivity contribution >= 4 is 12.2 Å². The maximum Gasteiger partial charge on any atom is 0.122 e. The summed E-state index contributed by atoms with van der Waals surface area (Å²) in [5, 5.41) is 3.36. The zero-order chi connectivity index (χ0) is 9.97. The highest BCUT2D eigenvalue weighted by Gasteiger charge is 2.18. The minimum Gasteiger partial charge on any atom is -0.379 e. The molecule has 2 heterocycles. The molecule has 0 spiro atoms. The van der Waals surface area contributed by atoms with Crippen LogP contribution in [0.5, 0.6) is 0 Å². The van der Waals surface area contributed by atoms with E-state index in [9.17, 15) is 0 Å². The number of ether oxygens (including phenoxy) is 1. The van der Waals surface area contributed by atoms with E-state index in [4.69, 9.17) is 17.0 Å². The molecule has 1 unspecified atom stereocenters. The molecule has 1 N–H and O–H groups in total. The maximum atomic E-state index is 5.35. The SMILES string of the molecule is CCCc1cc(=S)n(C2CCOC2)[nH]1. The van der Waals surface area contributed by atoms with E-state index in [0.29, 0.717) is 6.04 Å². The van der Waals surface area contributed by atoms with Gasteiger partial charge in [-0.25, -0.2) is 0 Å². The maximum absolute atomic E-state index is 5.35. The topological polar surface area (TPSA) is 29.9 Å². The van der Waals surface area contributed by atoms with Crippen LogP contribution in [0.25, 0.3) is 0 Å². The van der Waals surface area contributed by atoms with E-state index in [-0.39, 0.29) is 0 Å². The largest absolute Gasteiger partial charge is 0.379 e. The average molecular weight is 212 g/mol. The molecule has 1 aliphatic rings. The van der Waals surface area contributed by atoms with E-state index < -0.39 is 0 Å². The van der Waals surface area contributed by atoms with Gasteiger partial charge in [0, 0.05) is 12.3 Å². The number of H-pyrrole nitrogens is 1. The summed E-state index contributed by atoms with van der Waals surface area (Å²) in [7, 11) is 0. The highest BCUT2D eigenvalue weighted by atomic mass is 32.1. The van der Waals surface area contributed by atoms with Gasteiger partial charge in [0.1, 0.15) is 4.64 Å². The number of aromatic nitrogens is 2. The number of rotatable bonds is 3. The predicted octanol–water partition coefficient (Wildman–Crippen LogP) is 2.46. The van der Waals surface area contributed by atoms with Gasteiger partial charge in [0.2, 0.25) is 0 Å². The lowest BCUT2D eigenvalue weighted by molar-refractivity contribution is 0.184. The lowest BCUT2D eigenvalue weighted by Crippen LogP contribution is -2.10. The third kappa shape index (κ3) is 1.91. The normalized spacial score (nSPS) is 21.6. The summed E-state index contributed by atoms with van der Waals surface area (Å²) in [5.41, 5.74) is 1.24. The van der Waals surface area contributed by atoms with E-state index in [2.05, 4.69) is 22.8 Å². The fourth-order valence-corrected chi connectivity index (χ4v) is 2.19. The molecule has 14 heavy (non-hydrogen) atoms. The summed E-state index contributed by atoms with van der Waals surface area (Å²) >= 11 is 5.30. The Kier molecular flexibility index (Phi) is 3.03. The van der Waals surface area contributed by atoms with Gasteiger partial charge in [-0.05, 0) is 18.9 Å². The first-order valence-corrected chi connectivity index (χ1v) is 5.60. The minimum atomic E-state index is 0.424. The first-order chi connectivity index (χ1) is 6.81. The average Bonchev–Trinajstić information content (AvgIpc) is 2.74. The van der Waals surface area contributed by atoms with Gasteiger partial charge in [-0.3, -0.25) is 4.68 Å². The van der Waals surface area contributed by atoms with Gasteiger partial charge in [0.05, 0.1) is 12.6 Å². The second-order valence-electron chi connectivity index (χ2n) is 3.76. The first kappa shape index (κ1) is 9.93. The number of hydrogen-bond acceptors (Lipinski definition) is 2. The van der Waals surface area contributed by atoms with Crippen molar-refractivity contribution in [2.24, 2.45) is 0 Å². The molecule has 0 aliphatic carbocycles. The number of aryl methyl sites for hydroxylation is 1. The quantitative estimate of drug-likeness (QED) is 0.780. The summed E-state index contributed by atoms with van der Waals surface area (Å²) < 4.78 is 8.33. The predicted molar refractivity (Wildman–Crippen MR) is 58.1 cm³/mol. The van der Waals surface area contributed by atoms with E-state index in [1.807, 2.05) is 0 Å². The molecule has 78 valence electrons. The van der Waals surface area contributed by atoms with Crippen molar-refractivity contribution in [3.63, 3.8) is 0 Å². The molecule has 4 heteroatoms. The van der Waals surface area contributed by atoms with Gasteiger partial charge in [0.25, 0.3) is 0 Å². The molecule has 0 bridgehead atoms. The van der Waals surface area contributed by atoms with Crippen molar-refractivity contribution in [3.8, 4) is 0 Å². The molecule has 1 saturated heterocycles. The van der Waals surface area contributed by atoms with E-state index >= 15 is 0 Å². The Morgan fingerprint density at radius 3 is 3.21 bits per heavy atom. The molecule has 1 aliphatic heterocycles. The number of aromatic amines is 1. The molecule has 0 amide bonds. The van der Waals surface area contributed by atoms with Crippen LogP contribution in [0, 0.1) is 4.64 Å². The standard InChI is InChI=1S/C10H16N2OS/c1-2-3-8-6-10(14)12(11-8)9-4-5-13-7-9/h6,9,11H,2-5,7H2,1H3. The van der Waals surface area contributed by atoms with Gasteiger partial charge in [-0.1, -0.05) is 25.6 Å². The van der Waals surface area contributed by atoms with E-state index in [1.165, 1.54) is 5.69 Å². The Balaban J connectivity index is 2.20. The molecule has 3 nitrogen and oxygen atoms in total. The summed E-state index contributed by atoms with van der Waals surface area (Å²) in [4.78, 5) is 0. The van der Waals surface area contributed by atoms with Crippen LogP contribution in [0.3, 0.4) is 0 Å². The van der Waals surface area contributed by atoms with Crippen LogP contribution in [-0.4, -0.2) is 23.0 Å². The van der Waals surface area contributed by atoms with Crippen LogP contribution in [0.15, 0.2) is 6.07 Å². The third-order valence-electron chi connectivity index (χ3n) is 2.59. The van der Waals surface area contributed by atoms with Crippen molar-refractivity contribution in [1.82, 2.24) is 9.78 Å². The van der Waals surface area contributed by atoms with Crippen LogP contribution >= 0.6 is 12.2 Å². The zero-order valence-corrected chi connectivity index (χ0v) is 9.27. The first-order valence-electron chi connectivity index (χ1n) is 5.19. The van der Waals surface area contributed by atoms with Crippen LogP contribution in [0.2, 0.25) is 0 Å². The molecule has 1 aromatic rings. The molecule has 0 radical (unpaired) electrons. The van der Waals surface area contributed by atoms with Crippen LogP contribution in [0.4, 0.5) is 0 Å². The summed E-state index contributed by atoms with van der Waals surface area (Å²) in [6.07, 6.45) is 3.29. The van der Waals surface area contributed by atoms with Crippen molar-refractivity contribution in [2.75, 3.05) is 13.2 Å². The van der Waals surface area contributed by atoms with Gasteiger partial charge in [0.15, 0.2) is 0 Å². The van der Waals surface area contributed by atoms with Crippen molar-refractivity contribution in [2.45, 2.75) is 32.2 Å². The van der Waals surface area contributed by atoms with E-state index in [0.717, 1.165) is 37.1 Å². The zero-order valence-electron chi connectivity index (χ0n) is 8.45. The molecule has 0 saturated carbocycles. The van der Waals surface area contributed by atoms with Gasteiger partial charge >= 0.3 is 0 Å². The summed E-state index contributed by atoms with van der Waals surface area (Å²) in [6, 6.07) is 2.49. The van der Waals surface area contributed by atoms with Crippen LogP contribution < -0.4 is 0 Å². The van der Waals surface area contributed by atoms with E-state index in [1.54, 1.807) is 0 Å². The fraction of sp³-hybridized carbons (Fsp3) is 0.700.